The zero-order valence-corrected chi connectivity index (χ0v) is 11.9. The lowest BCUT2D eigenvalue weighted by molar-refractivity contribution is -0.130. The van der Waals surface area contributed by atoms with Crippen LogP contribution in [0.3, 0.4) is 0 Å². The van der Waals surface area contributed by atoms with Crippen molar-refractivity contribution in [3.8, 4) is 0 Å². The summed E-state index contributed by atoms with van der Waals surface area (Å²) in [4.78, 5) is 18.0. The molecule has 1 aliphatic heterocycles. The van der Waals surface area contributed by atoms with E-state index in [0.29, 0.717) is 0 Å². The lowest BCUT2D eigenvalue weighted by atomic mass is 10.2. The zero-order valence-electron chi connectivity index (χ0n) is 11.1. The van der Waals surface area contributed by atoms with Crippen LogP contribution in [0, 0.1) is 6.92 Å². The highest BCUT2D eigenvalue weighted by Crippen LogP contribution is 2.22. The Morgan fingerprint density at radius 3 is 2.56 bits per heavy atom. The van der Waals surface area contributed by atoms with Crippen molar-refractivity contribution in [3.05, 3.63) is 21.9 Å². The molecule has 0 bridgehead atoms. The summed E-state index contributed by atoms with van der Waals surface area (Å²) in [5.74, 6) is 0.174. The Morgan fingerprint density at radius 1 is 1.39 bits per heavy atom. The van der Waals surface area contributed by atoms with Crippen LogP contribution in [-0.4, -0.2) is 48.4 Å². The number of nitrogens with zero attached hydrogens (tertiary/aromatic N) is 2. The number of carbonyl (C=O) groups excluding carboxylic acids is 1. The van der Waals surface area contributed by atoms with Crippen molar-refractivity contribution in [2.45, 2.75) is 19.9 Å². The summed E-state index contributed by atoms with van der Waals surface area (Å²) in [6.07, 6.45) is 0. The number of aryl methyl sites for hydroxylation is 1. The molecule has 1 aliphatic rings. The quantitative estimate of drug-likeness (QED) is 0.896. The summed E-state index contributed by atoms with van der Waals surface area (Å²) in [6, 6.07) is 4.33. The number of amides is 1. The predicted molar refractivity (Wildman–Crippen MR) is 74.7 cm³/mol. The number of piperazine rings is 1. The van der Waals surface area contributed by atoms with Crippen LogP contribution in [0.25, 0.3) is 0 Å². The molecule has 4 nitrogen and oxygen atoms in total. The Labute approximate surface area is 112 Å². The van der Waals surface area contributed by atoms with Gasteiger partial charge in [-0.25, -0.2) is 0 Å². The molecule has 0 radical (unpaired) electrons. The van der Waals surface area contributed by atoms with E-state index >= 15 is 0 Å². The van der Waals surface area contributed by atoms with Gasteiger partial charge in [0.2, 0.25) is 5.91 Å². The lowest BCUT2D eigenvalue weighted by Gasteiger charge is -2.35. The fourth-order valence-corrected chi connectivity index (χ4v) is 3.14. The Morgan fingerprint density at radius 2 is 2.06 bits per heavy atom. The van der Waals surface area contributed by atoms with Gasteiger partial charge in [-0.2, -0.15) is 0 Å². The van der Waals surface area contributed by atoms with Crippen LogP contribution in [0.1, 0.15) is 22.7 Å². The van der Waals surface area contributed by atoms with Crippen molar-refractivity contribution in [1.82, 2.24) is 9.80 Å². The molecule has 1 amide bonds. The van der Waals surface area contributed by atoms with E-state index in [2.05, 4.69) is 24.0 Å². The number of hydrogen-bond acceptors (Lipinski definition) is 4. The third-order valence-corrected chi connectivity index (χ3v) is 4.53. The molecule has 1 unspecified atom stereocenters. The minimum absolute atomic E-state index is 0.0904. The first-order valence-corrected chi connectivity index (χ1v) is 7.17. The van der Waals surface area contributed by atoms with Crippen LogP contribution < -0.4 is 5.73 Å². The SMILES string of the molecule is CC(=O)N1CCN(CC(N)c2ccc(C)s2)CC1. The summed E-state index contributed by atoms with van der Waals surface area (Å²) in [7, 11) is 0. The molecule has 1 fully saturated rings. The van der Waals surface area contributed by atoms with Crippen LogP contribution >= 0.6 is 11.3 Å². The molecule has 0 saturated carbocycles. The highest BCUT2D eigenvalue weighted by molar-refractivity contribution is 7.12. The molecule has 5 heteroatoms. The molecule has 1 aromatic rings. The van der Waals surface area contributed by atoms with Gasteiger partial charge in [0.1, 0.15) is 0 Å². The maximum Gasteiger partial charge on any atom is 0.219 e. The first-order chi connectivity index (χ1) is 8.56. The Balaban J connectivity index is 1.83. The molecular formula is C13H21N3OS. The highest BCUT2D eigenvalue weighted by atomic mass is 32.1. The normalized spacial score (nSPS) is 18.9. The smallest absolute Gasteiger partial charge is 0.219 e. The number of nitrogens with two attached hydrogens (primary N) is 1. The van der Waals surface area contributed by atoms with E-state index in [0.717, 1.165) is 32.7 Å². The van der Waals surface area contributed by atoms with Crippen molar-refractivity contribution in [3.63, 3.8) is 0 Å². The summed E-state index contributed by atoms with van der Waals surface area (Å²) in [5, 5.41) is 0. The molecule has 18 heavy (non-hydrogen) atoms. The largest absolute Gasteiger partial charge is 0.340 e. The molecule has 0 spiro atoms. The standard InChI is InChI=1S/C13H21N3OS/c1-10-3-4-13(18-10)12(14)9-15-5-7-16(8-6-15)11(2)17/h3-4,12H,5-9,14H2,1-2H3. The highest BCUT2D eigenvalue weighted by Gasteiger charge is 2.20. The first-order valence-electron chi connectivity index (χ1n) is 6.36. The Kier molecular flexibility index (Phi) is 4.37. The molecule has 0 aromatic carbocycles. The zero-order chi connectivity index (χ0) is 13.1. The van der Waals surface area contributed by atoms with Crippen LogP contribution in [0.2, 0.25) is 0 Å². The summed E-state index contributed by atoms with van der Waals surface area (Å²) >= 11 is 1.77. The van der Waals surface area contributed by atoms with Gasteiger partial charge in [0.25, 0.3) is 0 Å². The average Bonchev–Trinajstić information content (AvgIpc) is 2.76. The first kappa shape index (κ1) is 13.5. The molecule has 1 aromatic heterocycles. The van der Waals surface area contributed by atoms with Crippen molar-refractivity contribution in [1.29, 1.82) is 0 Å². The van der Waals surface area contributed by atoms with Crippen molar-refractivity contribution in [2.75, 3.05) is 32.7 Å². The lowest BCUT2D eigenvalue weighted by Crippen LogP contribution is -2.49. The van der Waals surface area contributed by atoms with Crippen molar-refractivity contribution in [2.24, 2.45) is 5.73 Å². The summed E-state index contributed by atoms with van der Waals surface area (Å²) < 4.78 is 0. The van der Waals surface area contributed by atoms with Gasteiger partial charge in [-0.1, -0.05) is 0 Å². The minimum atomic E-state index is 0.0904. The van der Waals surface area contributed by atoms with Gasteiger partial charge in [-0.15, -0.1) is 11.3 Å². The van der Waals surface area contributed by atoms with E-state index in [4.69, 9.17) is 5.73 Å². The van der Waals surface area contributed by atoms with E-state index < -0.39 is 0 Å². The van der Waals surface area contributed by atoms with Gasteiger partial charge < -0.3 is 10.6 Å². The Bertz CT molecular complexity index is 410. The van der Waals surface area contributed by atoms with Crippen LogP contribution in [0.15, 0.2) is 12.1 Å². The van der Waals surface area contributed by atoms with Gasteiger partial charge in [0.05, 0.1) is 6.04 Å². The number of rotatable bonds is 3. The fourth-order valence-electron chi connectivity index (χ4n) is 2.27. The average molecular weight is 267 g/mol. The molecule has 100 valence electrons. The van der Waals surface area contributed by atoms with Gasteiger partial charge in [0, 0.05) is 49.4 Å². The third kappa shape index (κ3) is 3.31. The minimum Gasteiger partial charge on any atom is -0.340 e. The fraction of sp³-hybridized carbons (Fsp3) is 0.615. The van der Waals surface area contributed by atoms with E-state index in [9.17, 15) is 4.79 Å². The third-order valence-electron chi connectivity index (χ3n) is 3.40. The maximum absolute atomic E-state index is 11.2. The molecule has 1 atom stereocenters. The Hall–Kier alpha value is -0.910. The van der Waals surface area contributed by atoms with Gasteiger partial charge in [-0.05, 0) is 19.1 Å². The van der Waals surface area contributed by atoms with Crippen molar-refractivity contribution < 1.29 is 4.79 Å². The molecule has 1 saturated heterocycles. The summed E-state index contributed by atoms with van der Waals surface area (Å²) in [5.41, 5.74) is 6.22. The number of thiophene rings is 1. The van der Waals surface area contributed by atoms with Gasteiger partial charge >= 0.3 is 0 Å². The number of carbonyl (C=O) groups is 1. The second kappa shape index (κ2) is 5.82. The maximum atomic E-state index is 11.2. The molecular weight excluding hydrogens is 246 g/mol. The van der Waals surface area contributed by atoms with Crippen LogP contribution in [-0.2, 0) is 4.79 Å². The second-order valence-corrected chi connectivity index (χ2v) is 6.18. The predicted octanol–water partition coefficient (Wildman–Crippen LogP) is 1.22. The van der Waals surface area contributed by atoms with Crippen molar-refractivity contribution >= 4 is 17.2 Å². The van der Waals surface area contributed by atoms with Gasteiger partial charge in [-0.3, -0.25) is 9.69 Å². The molecule has 2 rings (SSSR count). The topological polar surface area (TPSA) is 49.6 Å². The monoisotopic (exact) mass is 267 g/mol. The van der Waals surface area contributed by atoms with E-state index in [-0.39, 0.29) is 11.9 Å². The second-order valence-electron chi connectivity index (χ2n) is 4.86. The molecule has 2 heterocycles. The van der Waals surface area contributed by atoms with E-state index in [1.165, 1.54) is 9.75 Å². The number of hydrogen-bond donors (Lipinski definition) is 1. The molecule has 2 N–H and O–H groups in total. The van der Waals surface area contributed by atoms with E-state index in [1.54, 1.807) is 18.3 Å². The van der Waals surface area contributed by atoms with Crippen LogP contribution in [0.5, 0.6) is 0 Å². The molecule has 0 aliphatic carbocycles. The van der Waals surface area contributed by atoms with Gasteiger partial charge in [0.15, 0.2) is 0 Å². The van der Waals surface area contributed by atoms with E-state index in [1.807, 2.05) is 4.90 Å². The van der Waals surface area contributed by atoms with Crippen LogP contribution in [0.4, 0.5) is 0 Å². The summed E-state index contributed by atoms with van der Waals surface area (Å²) in [6.45, 7) is 8.13.